The van der Waals surface area contributed by atoms with E-state index >= 15 is 0 Å². The third-order valence-corrected chi connectivity index (χ3v) is 2.81. The Morgan fingerprint density at radius 3 is 2.58 bits per heavy atom. The molecule has 6 nitrogen and oxygen atoms in total. The van der Waals surface area contributed by atoms with Gasteiger partial charge in [0.2, 0.25) is 0 Å². The Bertz CT molecular complexity index is 694. The van der Waals surface area contributed by atoms with Crippen molar-refractivity contribution >= 4 is 11.0 Å². The monoisotopic (exact) mass is 253 g/mol. The quantitative estimate of drug-likeness (QED) is 0.528. The van der Waals surface area contributed by atoms with Crippen molar-refractivity contribution in [3.8, 4) is 0 Å². The van der Waals surface area contributed by atoms with E-state index in [-0.39, 0.29) is 0 Å². The summed E-state index contributed by atoms with van der Waals surface area (Å²) in [6, 6.07) is 17.0. The second kappa shape index (κ2) is 4.85. The summed E-state index contributed by atoms with van der Waals surface area (Å²) >= 11 is 0. The van der Waals surface area contributed by atoms with Crippen LogP contribution in [0.3, 0.4) is 0 Å². The molecule has 3 rings (SSSR count). The molecule has 0 radical (unpaired) electrons. The van der Waals surface area contributed by atoms with Gasteiger partial charge in [0.25, 0.3) is 0 Å². The van der Waals surface area contributed by atoms with Gasteiger partial charge in [-0.15, -0.1) is 19.9 Å². The summed E-state index contributed by atoms with van der Waals surface area (Å²) < 4.78 is 0. The van der Waals surface area contributed by atoms with E-state index in [0.29, 0.717) is 6.54 Å². The van der Waals surface area contributed by atoms with E-state index in [0.717, 1.165) is 16.6 Å². The van der Waals surface area contributed by atoms with Crippen LogP contribution >= 0.6 is 0 Å². The van der Waals surface area contributed by atoms with Crippen molar-refractivity contribution in [1.82, 2.24) is 15.1 Å². The molecule has 3 aromatic rings. The van der Waals surface area contributed by atoms with Gasteiger partial charge in [-0.3, -0.25) is 0 Å². The second-order valence-electron chi connectivity index (χ2n) is 4.07. The van der Waals surface area contributed by atoms with Gasteiger partial charge >= 0.3 is 0 Å². The number of nitroso groups, excluding NO2 is 1. The highest BCUT2D eigenvalue weighted by Crippen LogP contribution is 2.12. The van der Waals surface area contributed by atoms with Gasteiger partial charge in [-0.1, -0.05) is 42.5 Å². The van der Waals surface area contributed by atoms with Gasteiger partial charge in [-0.25, -0.2) is 0 Å². The molecule has 6 heteroatoms. The lowest BCUT2D eigenvalue weighted by Crippen LogP contribution is -2.29. The highest BCUT2D eigenvalue weighted by molar-refractivity contribution is 5.74. The Hall–Kier alpha value is -2.76. The number of benzene rings is 2. The summed E-state index contributed by atoms with van der Waals surface area (Å²) in [5.74, 6) is 0. The van der Waals surface area contributed by atoms with E-state index in [1.54, 1.807) is 0 Å². The molecule has 94 valence electrons. The average molecular weight is 253 g/mol. The first-order valence-corrected chi connectivity index (χ1v) is 5.84. The van der Waals surface area contributed by atoms with Crippen LogP contribution in [0.15, 0.2) is 59.9 Å². The van der Waals surface area contributed by atoms with Crippen LogP contribution in [0.5, 0.6) is 0 Å². The minimum atomic E-state index is 0.345. The molecule has 1 heterocycles. The van der Waals surface area contributed by atoms with Gasteiger partial charge in [-0.2, -0.15) is 0 Å². The molecule has 0 fully saturated rings. The van der Waals surface area contributed by atoms with Crippen molar-refractivity contribution < 1.29 is 0 Å². The lowest BCUT2D eigenvalue weighted by Gasteiger charge is -2.14. The van der Waals surface area contributed by atoms with Gasteiger partial charge in [0.05, 0.1) is 11.8 Å². The van der Waals surface area contributed by atoms with E-state index < -0.39 is 0 Å². The van der Waals surface area contributed by atoms with Gasteiger partial charge < -0.3 is 0 Å². The molecule has 0 unspecified atom stereocenters. The van der Waals surface area contributed by atoms with Gasteiger partial charge in [0, 0.05) is 0 Å². The number of nitrogens with zero attached hydrogens (tertiary/aromatic N) is 5. The Labute approximate surface area is 109 Å². The summed E-state index contributed by atoms with van der Waals surface area (Å²) in [7, 11) is 0. The first-order chi connectivity index (χ1) is 9.38. The van der Waals surface area contributed by atoms with Gasteiger partial charge in [0.15, 0.2) is 0 Å². The molecule has 0 saturated carbocycles. The van der Waals surface area contributed by atoms with E-state index in [1.165, 1.54) is 9.91 Å². The Kier molecular flexibility index (Phi) is 2.89. The molecular formula is C13H11N5O. The first kappa shape index (κ1) is 11.3. The van der Waals surface area contributed by atoms with Gasteiger partial charge in [-0.05, 0) is 22.9 Å². The summed E-state index contributed by atoms with van der Waals surface area (Å²) in [6.45, 7) is 0.345. The van der Waals surface area contributed by atoms with Crippen LogP contribution < -0.4 is 5.12 Å². The van der Waals surface area contributed by atoms with E-state index in [9.17, 15) is 4.91 Å². The van der Waals surface area contributed by atoms with Crippen LogP contribution in [0.1, 0.15) is 5.56 Å². The predicted octanol–water partition coefficient (Wildman–Crippen LogP) is 2.25. The molecule has 1 aromatic heterocycles. The van der Waals surface area contributed by atoms with Crippen LogP contribution in [0.25, 0.3) is 11.0 Å². The van der Waals surface area contributed by atoms with Crippen molar-refractivity contribution in [3.05, 3.63) is 65.1 Å². The molecule has 0 bridgehead atoms. The maximum atomic E-state index is 11.0. The highest BCUT2D eigenvalue weighted by Gasteiger charge is 2.12. The molecule has 0 aliphatic rings. The van der Waals surface area contributed by atoms with Crippen molar-refractivity contribution in [2.24, 2.45) is 5.29 Å². The zero-order valence-corrected chi connectivity index (χ0v) is 10.0. The minimum Gasteiger partial charge on any atom is -0.142 e. The van der Waals surface area contributed by atoms with E-state index in [1.807, 2.05) is 54.6 Å². The zero-order valence-electron chi connectivity index (χ0n) is 10.0. The fourth-order valence-electron chi connectivity index (χ4n) is 1.90. The van der Waals surface area contributed by atoms with Crippen LogP contribution in [0.2, 0.25) is 0 Å². The molecule has 0 aliphatic carbocycles. The molecule has 0 saturated heterocycles. The topological polar surface area (TPSA) is 63.4 Å². The molecule has 0 atom stereocenters. The van der Waals surface area contributed by atoms with Crippen molar-refractivity contribution in [1.29, 1.82) is 0 Å². The van der Waals surface area contributed by atoms with Crippen LogP contribution in [-0.2, 0) is 6.54 Å². The lowest BCUT2D eigenvalue weighted by atomic mass is 10.2. The molecule has 0 aliphatic heterocycles. The van der Waals surface area contributed by atoms with Crippen LogP contribution in [0.4, 0.5) is 0 Å². The molecule has 0 amide bonds. The number of rotatable bonds is 4. The third kappa shape index (κ3) is 2.15. The predicted molar refractivity (Wildman–Crippen MR) is 71.7 cm³/mol. The Morgan fingerprint density at radius 1 is 1.05 bits per heavy atom. The normalized spacial score (nSPS) is 10.5. The average Bonchev–Trinajstić information content (AvgIpc) is 2.90. The SMILES string of the molecule is O=NN(Cc1ccccc1)n1nnc2ccccc21. The minimum absolute atomic E-state index is 0.345. The van der Waals surface area contributed by atoms with Crippen molar-refractivity contribution in [2.45, 2.75) is 6.54 Å². The summed E-state index contributed by atoms with van der Waals surface area (Å²) in [4.78, 5) is 12.5. The standard InChI is InChI=1S/C13H11N5O/c19-16-17(10-11-6-2-1-3-7-11)18-13-9-5-4-8-12(13)14-15-18/h1-9H,10H2. The summed E-state index contributed by atoms with van der Waals surface area (Å²) in [6.07, 6.45) is 0. The fourth-order valence-corrected chi connectivity index (χ4v) is 1.90. The summed E-state index contributed by atoms with van der Waals surface area (Å²) in [5, 5.41) is 12.2. The van der Waals surface area contributed by atoms with Crippen molar-refractivity contribution in [2.75, 3.05) is 5.12 Å². The lowest BCUT2D eigenvalue weighted by molar-refractivity contribution is 0.537. The fraction of sp³-hybridized carbons (Fsp3) is 0.0769. The number of aromatic nitrogens is 3. The number of fused-ring (bicyclic) bond motifs is 1. The molecule has 0 spiro atoms. The van der Waals surface area contributed by atoms with Crippen LogP contribution in [0, 0.1) is 4.91 Å². The first-order valence-electron chi connectivity index (χ1n) is 5.84. The molecule has 2 aromatic carbocycles. The van der Waals surface area contributed by atoms with Crippen molar-refractivity contribution in [3.63, 3.8) is 0 Å². The number of hydrogen-bond acceptors (Lipinski definition) is 4. The molecule has 0 N–H and O–H groups in total. The summed E-state index contributed by atoms with van der Waals surface area (Å²) in [5.41, 5.74) is 2.45. The largest absolute Gasteiger partial charge is 0.142 e. The maximum absolute atomic E-state index is 11.0. The Morgan fingerprint density at radius 2 is 1.79 bits per heavy atom. The zero-order chi connectivity index (χ0) is 13.1. The molecule has 19 heavy (non-hydrogen) atoms. The van der Waals surface area contributed by atoms with Gasteiger partial charge in [0.1, 0.15) is 11.0 Å². The highest BCUT2D eigenvalue weighted by atomic mass is 16.3. The van der Waals surface area contributed by atoms with Crippen LogP contribution in [-0.4, -0.2) is 15.1 Å². The second-order valence-corrected chi connectivity index (χ2v) is 4.07. The maximum Gasteiger partial charge on any atom is 0.115 e. The number of para-hydroxylation sites is 1. The van der Waals surface area contributed by atoms with E-state index in [2.05, 4.69) is 15.6 Å². The third-order valence-electron chi connectivity index (χ3n) is 2.81. The van der Waals surface area contributed by atoms with E-state index in [4.69, 9.17) is 0 Å². The smallest absolute Gasteiger partial charge is 0.115 e. The number of hydrogen-bond donors (Lipinski definition) is 0. The Balaban J connectivity index is 1.96. The molecular weight excluding hydrogens is 242 g/mol.